The quantitative estimate of drug-likeness (QED) is 0.470. The summed E-state index contributed by atoms with van der Waals surface area (Å²) in [5, 5.41) is 3.80. The van der Waals surface area contributed by atoms with Gasteiger partial charge in [-0.2, -0.15) is 0 Å². The molecule has 0 fully saturated rings. The van der Waals surface area contributed by atoms with Gasteiger partial charge in [0.15, 0.2) is 0 Å². The highest BCUT2D eigenvalue weighted by Crippen LogP contribution is 2.38. The van der Waals surface area contributed by atoms with E-state index in [1.54, 1.807) is 18.5 Å². The van der Waals surface area contributed by atoms with E-state index in [-0.39, 0.29) is 11.1 Å². The molecule has 0 aliphatic carbocycles. The summed E-state index contributed by atoms with van der Waals surface area (Å²) in [4.78, 5) is 28.7. The number of nitrogens with zero attached hydrogens (tertiary/aromatic N) is 1. The first-order valence-corrected chi connectivity index (χ1v) is 9.23. The SMILES string of the molecule is NCCn1cc(C2=C(c3c[nH]c4ccccc34)C(=O)NC2=O)c2cc(F)ccc21. The topological polar surface area (TPSA) is 92.9 Å². The summed E-state index contributed by atoms with van der Waals surface area (Å²) in [5.41, 5.74) is 9.00. The molecule has 0 saturated carbocycles. The summed E-state index contributed by atoms with van der Waals surface area (Å²) in [7, 11) is 0. The summed E-state index contributed by atoms with van der Waals surface area (Å²) in [6.07, 6.45) is 3.48. The number of nitrogens with one attached hydrogen (secondary N) is 2. The van der Waals surface area contributed by atoms with Gasteiger partial charge in [0, 0.05) is 58.4 Å². The molecule has 1 aliphatic heterocycles. The first-order chi connectivity index (χ1) is 14.1. The van der Waals surface area contributed by atoms with Crippen LogP contribution in [0.15, 0.2) is 54.9 Å². The Bertz CT molecular complexity index is 1350. The van der Waals surface area contributed by atoms with E-state index in [1.165, 1.54) is 12.1 Å². The van der Waals surface area contributed by atoms with Crippen LogP contribution in [0.5, 0.6) is 0 Å². The summed E-state index contributed by atoms with van der Waals surface area (Å²) >= 11 is 0. The van der Waals surface area contributed by atoms with Gasteiger partial charge in [-0.05, 0) is 24.3 Å². The van der Waals surface area contributed by atoms with Gasteiger partial charge in [-0.3, -0.25) is 14.9 Å². The van der Waals surface area contributed by atoms with Gasteiger partial charge in [0.1, 0.15) is 5.82 Å². The molecule has 0 bridgehead atoms. The van der Waals surface area contributed by atoms with Crippen molar-refractivity contribution < 1.29 is 14.0 Å². The number of hydrogen-bond donors (Lipinski definition) is 3. The largest absolute Gasteiger partial charge is 0.361 e. The molecule has 4 N–H and O–H groups in total. The third kappa shape index (κ3) is 2.59. The number of halogens is 1. The average Bonchev–Trinajstić information content (AvgIpc) is 3.35. The lowest BCUT2D eigenvalue weighted by atomic mass is 9.95. The molecule has 144 valence electrons. The molecule has 0 radical (unpaired) electrons. The van der Waals surface area contributed by atoms with Crippen LogP contribution in [0, 0.1) is 5.82 Å². The van der Waals surface area contributed by atoms with Crippen molar-refractivity contribution in [3.8, 4) is 0 Å². The van der Waals surface area contributed by atoms with Crippen molar-refractivity contribution in [1.29, 1.82) is 0 Å². The zero-order valence-electron chi connectivity index (χ0n) is 15.3. The van der Waals surface area contributed by atoms with Gasteiger partial charge in [-0.1, -0.05) is 18.2 Å². The van der Waals surface area contributed by atoms with Crippen molar-refractivity contribution >= 4 is 44.8 Å². The molecule has 5 rings (SSSR count). The van der Waals surface area contributed by atoms with Crippen LogP contribution < -0.4 is 11.1 Å². The lowest BCUT2D eigenvalue weighted by Gasteiger charge is -2.03. The van der Waals surface area contributed by atoms with Crippen LogP contribution in [0.2, 0.25) is 0 Å². The van der Waals surface area contributed by atoms with Gasteiger partial charge in [-0.15, -0.1) is 0 Å². The fourth-order valence-corrected chi connectivity index (χ4v) is 4.04. The number of imide groups is 1. The van der Waals surface area contributed by atoms with Gasteiger partial charge in [0.25, 0.3) is 11.8 Å². The maximum Gasteiger partial charge on any atom is 0.259 e. The van der Waals surface area contributed by atoms with Crippen LogP contribution in [-0.2, 0) is 16.1 Å². The molecular formula is C22H17FN4O2. The van der Waals surface area contributed by atoms with Gasteiger partial charge in [-0.25, -0.2) is 4.39 Å². The van der Waals surface area contributed by atoms with Crippen molar-refractivity contribution in [3.05, 3.63) is 71.8 Å². The van der Waals surface area contributed by atoms with Crippen molar-refractivity contribution in [2.24, 2.45) is 5.73 Å². The second kappa shape index (κ2) is 6.42. The Kier molecular flexibility index (Phi) is 3.85. The molecule has 7 heteroatoms. The third-order valence-electron chi connectivity index (χ3n) is 5.27. The van der Waals surface area contributed by atoms with Crippen LogP contribution in [0.4, 0.5) is 4.39 Å². The van der Waals surface area contributed by atoms with E-state index in [4.69, 9.17) is 5.73 Å². The average molecular weight is 388 g/mol. The lowest BCUT2D eigenvalue weighted by Crippen LogP contribution is -2.22. The van der Waals surface area contributed by atoms with E-state index in [2.05, 4.69) is 10.3 Å². The molecular weight excluding hydrogens is 371 g/mol. The van der Waals surface area contributed by atoms with Gasteiger partial charge in [0.2, 0.25) is 0 Å². The van der Waals surface area contributed by atoms with Crippen LogP contribution >= 0.6 is 0 Å². The first-order valence-electron chi connectivity index (χ1n) is 9.23. The first kappa shape index (κ1) is 17.4. The van der Waals surface area contributed by atoms with Gasteiger partial charge >= 0.3 is 0 Å². The molecule has 2 aromatic carbocycles. The third-order valence-corrected chi connectivity index (χ3v) is 5.27. The second-order valence-electron chi connectivity index (χ2n) is 6.97. The monoisotopic (exact) mass is 388 g/mol. The minimum atomic E-state index is -0.494. The van der Waals surface area contributed by atoms with E-state index < -0.39 is 17.6 Å². The molecule has 4 aromatic rings. The molecule has 0 atom stereocenters. The molecule has 2 aromatic heterocycles. The highest BCUT2D eigenvalue weighted by Gasteiger charge is 2.35. The van der Waals surface area contributed by atoms with E-state index >= 15 is 0 Å². The number of fused-ring (bicyclic) bond motifs is 2. The fraction of sp³-hybridized carbons (Fsp3) is 0.0909. The Morgan fingerprint density at radius 1 is 0.966 bits per heavy atom. The Morgan fingerprint density at radius 2 is 1.72 bits per heavy atom. The van der Waals surface area contributed by atoms with E-state index in [9.17, 15) is 14.0 Å². The van der Waals surface area contributed by atoms with Crippen LogP contribution in [0.25, 0.3) is 33.0 Å². The summed E-state index contributed by atoms with van der Waals surface area (Å²) < 4.78 is 15.9. The molecule has 2 amide bonds. The minimum Gasteiger partial charge on any atom is -0.361 e. The molecule has 0 unspecified atom stereocenters. The van der Waals surface area contributed by atoms with Crippen molar-refractivity contribution in [1.82, 2.24) is 14.9 Å². The Morgan fingerprint density at radius 3 is 2.52 bits per heavy atom. The van der Waals surface area contributed by atoms with Gasteiger partial charge < -0.3 is 15.3 Å². The lowest BCUT2D eigenvalue weighted by molar-refractivity contribution is -0.122. The standard InChI is InChI=1S/C22H17FN4O2/c23-12-5-6-18-14(9-12)16(11-27(18)8-7-24)20-19(21(28)26-22(20)29)15-10-25-17-4-2-1-3-13(15)17/h1-6,9-11,25H,7-8,24H2,(H,26,28,29). The number of para-hydroxylation sites is 1. The summed E-state index contributed by atoms with van der Waals surface area (Å²) in [6.45, 7) is 0.896. The van der Waals surface area contributed by atoms with E-state index in [0.29, 0.717) is 29.6 Å². The number of H-pyrrole nitrogens is 1. The number of nitrogens with two attached hydrogens (primary N) is 1. The number of carbonyl (C=O) groups excluding carboxylic acids is 2. The summed E-state index contributed by atoms with van der Waals surface area (Å²) in [5.74, 6) is -1.37. The smallest absolute Gasteiger partial charge is 0.259 e. The number of aromatic nitrogens is 2. The van der Waals surface area contributed by atoms with E-state index in [0.717, 1.165) is 16.4 Å². The van der Waals surface area contributed by atoms with Crippen molar-refractivity contribution in [2.45, 2.75) is 6.54 Å². The molecule has 3 heterocycles. The zero-order valence-corrected chi connectivity index (χ0v) is 15.3. The predicted molar refractivity (Wildman–Crippen MR) is 109 cm³/mol. The maximum atomic E-state index is 14.0. The molecule has 0 saturated heterocycles. The van der Waals surface area contributed by atoms with Crippen LogP contribution in [0.1, 0.15) is 11.1 Å². The maximum absolute atomic E-state index is 14.0. The van der Waals surface area contributed by atoms with Crippen molar-refractivity contribution in [2.75, 3.05) is 6.54 Å². The van der Waals surface area contributed by atoms with E-state index in [1.807, 2.05) is 28.8 Å². The number of benzene rings is 2. The van der Waals surface area contributed by atoms with Crippen LogP contribution in [0.3, 0.4) is 0 Å². The summed E-state index contributed by atoms with van der Waals surface area (Å²) in [6, 6.07) is 12.0. The number of hydrogen-bond acceptors (Lipinski definition) is 3. The molecule has 0 spiro atoms. The fourth-order valence-electron chi connectivity index (χ4n) is 4.04. The normalized spacial score (nSPS) is 14.4. The Hall–Kier alpha value is -3.71. The number of carbonyl (C=O) groups is 2. The minimum absolute atomic E-state index is 0.242. The highest BCUT2D eigenvalue weighted by molar-refractivity contribution is 6.50. The number of amides is 2. The Balaban J connectivity index is 1.84. The zero-order chi connectivity index (χ0) is 20.1. The predicted octanol–water partition coefficient (Wildman–Crippen LogP) is 2.79. The van der Waals surface area contributed by atoms with Gasteiger partial charge in [0.05, 0.1) is 11.1 Å². The highest BCUT2D eigenvalue weighted by atomic mass is 19.1. The Labute approximate surface area is 164 Å². The molecule has 29 heavy (non-hydrogen) atoms. The second-order valence-corrected chi connectivity index (χ2v) is 6.97. The molecule has 6 nitrogen and oxygen atoms in total. The number of aromatic amines is 1. The molecule has 1 aliphatic rings. The van der Waals surface area contributed by atoms with Crippen molar-refractivity contribution in [3.63, 3.8) is 0 Å². The van der Waals surface area contributed by atoms with Crippen LogP contribution in [-0.4, -0.2) is 27.9 Å². The number of rotatable bonds is 4.